The smallest absolute Gasteiger partial charge is 0.325 e. The van der Waals surface area contributed by atoms with Crippen molar-refractivity contribution in [2.24, 2.45) is 0 Å². The number of aromatic amines is 2. The van der Waals surface area contributed by atoms with E-state index in [1.165, 1.54) is 11.8 Å². The van der Waals surface area contributed by atoms with E-state index in [0.717, 1.165) is 6.20 Å². The van der Waals surface area contributed by atoms with Crippen LogP contribution in [0, 0.1) is 0 Å². The van der Waals surface area contributed by atoms with Crippen molar-refractivity contribution >= 4 is 27.8 Å². The third-order valence-corrected chi connectivity index (χ3v) is 5.57. The Kier molecular flexibility index (Phi) is 3.75. The molecule has 0 aliphatic carbocycles. The molecule has 1 aromatic rings. The second-order valence-corrected chi connectivity index (χ2v) is 6.99. The minimum absolute atomic E-state index is 0.0722. The maximum atomic E-state index is 12.1. The molecular formula is C9H11N3O6S2. The van der Waals surface area contributed by atoms with E-state index in [1.807, 2.05) is 4.98 Å². The summed E-state index contributed by atoms with van der Waals surface area (Å²) in [7, 11) is -4.35. The van der Waals surface area contributed by atoms with Gasteiger partial charge in [0.25, 0.3) is 5.56 Å². The van der Waals surface area contributed by atoms with Crippen LogP contribution in [0.1, 0.15) is 6.42 Å². The zero-order valence-corrected chi connectivity index (χ0v) is 11.6. The third kappa shape index (κ3) is 2.64. The highest BCUT2D eigenvalue weighted by molar-refractivity contribution is 7.99. The molecular weight excluding hydrogens is 310 g/mol. The lowest BCUT2D eigenvalue weighted by atomic mass is 10.0. The van der Waals surface area contributed by atoms with Crippen molar-refractivity contribution in [3.63, 3.8) is 0 Å². The van der Waals surface area contributed by atoms with E-state index in [1.54, 1.807) is 4.98 Å². The molecule has 0 amide bonds. The minimum atomic E-state index is -4.35. The number of aromatic nitrogens is 2. The van der Waals surface area contributed by atoms with Crippen LogP contribution in [0.5, 0.6) is 0 Å². The van der Waals surface area contributed by atoms with Gasteiger partial charge in [-0.25, -0.2) is 13.2 Å². The standard InChI is InChI=1S/C9H11N3O6S2/c13-6-5(3-10-8(16)11-6)20(17,18)12-9(7(14)15)1-2-19-4-9/h3,12H,1-2,4H2,(H,14,15)(H2,10,11,13,16). The average molecular weight is 321 g/mol. The average Bonchev–Trinajstić information content (AvgIpc) is 2.77. The van der Waals surface area contributed by atoms with Gasteiger partial charge in [-0.05, 0) is 12.2 Å². The normalized spacial score (nSPS) is 22.8. The highest BCUT2D eigenvalue weighted by atomic mass is 32.2. The molecule has 1 aromatic heterocycles. The predicted octanol–water partition coefficient (Wildman–Crippen LogP) is -1.70. The lowest BCUT2D eigenvalue weighted by molar-refractivity contribution is -0.142. The van der Waals surface area contributed by atoms with Gasteiger partial charge in [-0.15, -0.1) is 0 Å². The molecule has 1 aliphatic rings. The molecule has 1 aliphatic heterocycles. The Bertz CT molecular complexity index is 743. The second-order valence-electron chi connectivity index (χ2n) is 4.23. The van der Waals surface area contributed by atoms with Crippen molar-refractivity contribution in [3.05, 3.63) is 27.0 Å². The molecule has 0 bridgehead atoms. The Morgan fingerprint density at radius 1 is 1.45 bits per heavy atom. The van der Waals surface area contributed by atoms with Gasteiger partial charge in [-0.3, -0.25) is 14.6 Å². The van der Waals surface area contributed by atoms with Gasteiger partial charge in [0.15, 0.2) is 4.90 Å². The summed E-state index contributed by atoms with van der Waals surface area (Å²) < 4.78 is 26.3. The number of carbonyl (C=O) groups is 1. The fourth-order valence-electron chi connectivity index (χ4n) is 1.77. The van der Waals surface area contributed by atoms with Gasteiger partial charge in [0.1, 0.15) is 5.54 Å². The Balaban J connectivity index is 2.43. The molecule has 2 heterocycles. The van der Waals surface area contributed by atoms with Crippen LogP contribution in [0.4, 0.5) is 0 Å². The zero-order valence-electron chi connectivity index (χ0n) is 10.0. The summed E-state index contributed by atoms with van der Waals surface area (Å²) in [5.41, 5.74) is -3.59. The molecule has 0 aromatic carbocycles. The Morgan fingerprint density at radius 2 is 2.15 bits per heavy atom. The Morgan fingerprint density at radius 3 is 2.65 bits per heavy atom. The quantitative estimate of drug-likeness (QED) is 0.516. The molecule has 1 unspecified atom stereocenters. The molecule has 1 fully saturated rings. The van der Waals surface area contributed by atoms with Crippen LogP contribution in [0.25, 0.3) is 0 Å². The van der Waals surface area contributed by atoms with Gasteiger partial charge < -0.3 is 10.1 Å². The van der Waals surface area contributed by atoms with Crippen molar-refractivity contribution in [1.82, 2.24) is 14.7 Å². The molecule has 110 valence electrons. The molecule has 0 spiro atoms. The summed E-state index contributed by atoms with van der Waals surface area (Å²) in [4.78, 5) is 36.7. The van der Waals surface area contributed by atoms with Gasteiger partial charge in [0.05, 0.1) is 0 Å². The van der Waals surface area contributed by atoms with E-state index in [0.29, 0.717) is 5.75 Å². The Hall–Kier alpha value is -1.59. The number of aliphatic carboxylic acids is 1. The Labute approximate surface area is 116 Å². The molecule has 0 saturated carbocycles. The molecule has 2 rings (SSSR count). The van der Waals surface area contributed by atoms with Crippen molar-refractivity contribution in [1.29, 1.82) is 0 Å². The molecule has 20 heavy (non-hydrogen) atoms. The SMILES string of the molecule is O=C(O)C1(NS(=O)(=O)c2c[nH]c(=O)[nH]c2=O)CCSC1. The number of hydrogen-bond acceptors (Lipinski definition) is 6. The first-order chi connectivity index (χ1) is 9.27. The van der Waals surface area contributed by atoms with E-state index < -0.39 is 37.7 Å². The maximum Gasteiger partial charge on any atom is 0.325 e. The fraction of sp³-hybridized carbons (Fsp3) is 0.444. The van der Waals surface area contributed by atoms with Gasteiger partial charge in [0.2, 0.25) is 10.0 Å². The summed E-state index contributed by atoms with van der Waals surface area (Å²) in [5, 5.41) is 9.20. The van der Waals surface area contributed by atoms with Crippen LogP contribution in [0.2, 0.25) is 0 Å². The zero-order chi connectivity index (χ0) is 15.0. The highest BCUT2D eigenvalue weighted by Gasteiger charge is 2.45. The van der Waals surface area contributed by atoms with Gasteiger partial charge >= 0.3 is 11.7 Å². The number of hydrogen-bond donors (Lipinski definition) is 4. The van der Waals surface area contributed by atoms with Crippen LogP contribution in [-0.4, -0.2) is 46.5 Å². The summed E-state index contributed by atoms with van der Waals surface area (Å²) in [6, 6.07) is 0. The molecule has 4 N–H and O–H groups in total. The van der Waals surface area contributed by atoms with Crippen molar-refractivity contribution in [2.45, 2.75) is 16.9 Å². The third-order valence-electron chi connectivity index (χ3n) is 2.84. The van der Waals surface area contributed by atoms with Crippen LogP contribution in [0.15, 0.2) is 20.7 Å². The lowest BCUT2D eigenvalue weighted by Crippen LogP contribution is -2.55. The number of carboxylic acids is 1. The fourth-order valence-corrected chi connectivity index (χ4v) is 4.58. The first kappa shape index (κ1) is 14.8. The van der Waals surface area contributed by atoms with Crippen molar-refractivity contribution < 1.29 is 18.3 Å². The van der Waals surface area contributed by atoms with Crippen molar-refractivity contribution in [2.75, 3.05) is 11.5 Å². The van der Waals surface area contributed by atoms with Gasteiger partial charge in [0, 0.05) is 11.9 Å². The van der Waals surface area contributed by atoms with Crippen LogP contribution in [-0.2, 0) is 14.8 Å². The molecule has 9 nitrogen and oxygen atoms in total. The van der Waals surface area contributed by atoms with E-state index in [-0.39, 0.29) is 12.2 Å². The van der Waals surface area contributed by atoms with Crippen LogP contribution >= 0.6 is 11.8 Å². The lowest BCUT2D eigenvalue weighted by Gasteiger charge is -2.23. The number of nitrogens with one attached hydrogen (secondary N) is 3. The first-order valence-electron chi connectivity index (χ1n) is 5.44. The molecule has 1 atom stereocenters. The minimum Gasteiger partial charge on any atom is -0.480 e. The molecule has 0 radical (unpaired) electrons. The number of H-pyrrole nitrogens is 2. The van der Waals surface area contributed by atoms with Gasteiger partial charge in [-0.1, -0.05) is 0 Å². The summed E-state index contributed by atoms with van der Waals surface area (Å²) in [5.74, 6) is -0.730. The van der Waals surface area contributed by atoms with Gasteiger partial charge in [-0.2, -0.15) is 16.5 Å². The highest BCUT2D eigenvalue weighted by Crippen LogP contribution is 2.29. The summed E-state index contributed by atoms with van der Waals surface area (Å²) in [6.45, 7) is 0. The number of rotatable bonds is 4. The summed E-state index contributed by atoms with van der Waals surface area (Å²) in [6.07, 6.45) is 0.856. The largest absolute Gasteiger partial charge is 0.480 e. The molecule has 11 heteroatoms. The van der Waals surface area contributed by atoms with E-state index in [4.69, 9.17) is 0 Å². The monoisotopic (exact) mass is 321 g/mol. The first-order valence-corrected chi connectivity index (χ1v) is 8.08. The maximum absolute atomic E-state index is 12.1. The van der Waals surface area contributed by atoms with Crippen LogP contribution in [0.3, 0.4) is 0 Å². The van der Waals surface area contributed by atoms with E-state index >= 15 is 0 Å². The van der Waals surface area contributed by atoms with Crippen molar-refractivity contribution in [3.8, 4) is 0 Å². The second kappa shape index (κ2) is 5.07. The number of thioether (sulfide) groups is 1. The van der Waals surface area contributed by atoms with Crippen LogP contribution < -0.4 is 16.0 Å². The van der Waals surface area contributed by atoms with E-state index in [2.05, 4.69) is 4.72 Å². The molecule has 1 saturated heterocycles. The topological polar surface area (TPSA) is 149 Å². The number of sulfonamides is 1. The number of carboxylic acid groups (broad SMARTS) is 1. The predicted molar refractivity (Wildman–Crippen MR) is 70.3 cm³/mol. The van der Waals surface area contributed by atoms with E-state index in [9.17, 15) is 27.9 Å². The summed E-state index contributed by atoms with van der Waals surface area (Å²) >= 11 is 1.30.